The number of halogens is 3. The van der Waals surface area contributed by atoms with Crippen molar-refractivity contribution in [1.82, 2.24) is 15.6 Å². The number of amides is 2. The molecule has 0 saturated heterocycles. The first-order chi connectivity index (χ1) is 11.5. The minimum absolute atomic E-state index is 0.143. The minimum Gasteiger partial charge on any atom is -0.468 e. The average molecular weight is 363 g/mol. The van der Waals surface area contributed by atoms with Gasteiger partial charge in [-0.05, 0) is 26.8 Å². The number of ether oxygens (including phenoxy) is 2. The summed E-state index contributed by atoms with van der Waals surface area (Å²) in [5, 5.41) is 4.99. The van der Waals surface area contributed by atoms with E-state index < -0.39 is 30.4 Å². The summed E-state index contributed by atoms with van der Waals surface area (Å²) in [4.78, 5) is 26.9. The normalized spacial score (nSPS) is 11.6. The zero-order chi connectivity index (χ0) is 19.1. The largest absolute Gasteiger partial charge is 0.468 e. The number of nitrogens with one attached hydrogen (secondary N) is 2. The minimum atomic E-state index is -4.46. The molecule has 2 amide bonds. The van der Waals surface area contributed by atoms with Crippen LogP contribution in [0.15, 0.2) is 18.3 Å². The quantitative estimate of drug-likeness (QED) is 0.757. The molecular formula is C15H20F3N3O4. The maximum absolute atomic E-state index is 12.0. The van der Waals surface area contributed by atoms with Gasteiger partial charge in [0.05, 0.1) is 5.56 Å². The Labute approximate surface area is 142 Å². The predicted octanol–water partition coefficient (Wildman–Crippen LogP) is 2.28. The van der Waals surface area contributed by atoms with Gasteiger partial charge in [0.25, 0.3) is 5.91 Å². The van der Waals surface area contributed by atoms with Crippen LogP contribution in [0, 0.1) is 0 Å². The Balaban J connectivity index is 2.34. The summed E-state index contributed by atoms with van der Waals surface area (Å²) < 4.78 is 45.5. The van der Waals surface area contributed by atoms with Crippen molar-refractivity contribution in [2.75, 3.05) is 19.7 Å². The van der Waals surface area contributed by atoms with E-state index in [2.05, 4.69) is 20.4 Å². The van der Waals surface area contributed by atoms with Gasteiger partial charge in [0, 0.05) is 25.4 Å². The first-order valence-corrected chi connectivity index (χ1v) is 7.37. The number of carbonyl (C=O) groups is 2. The Bertz CT molecular complexity index is 583. The summed E-state index contributed by atoms with van der Waals surface area (Å²) in [6.07, 6.45) is -3.96. The highest BCUT2D eigenvalue weighted by atomic mass is 19.4. The third-order valence-corrected chi connectivity index (χ3v) is 2.46. The van der Waals surface area contributed by atoms with Gasteiger partial charge in [-0.25, -0.2) is 9.78 Å². The van der Waals surface area contributed by atoms with E-state index >= 15 is 0 Å². The summed E-state index contributed by atoms with van der Waals surface area (Å²) in [6, 6.07) is 2.45. The van der Waals surface area contributed by atoms with Crippen molar-refractivity contribution in [2.24, 2.45) is 0 Å². The third kappa shape index (κ3) is 9.38. The first-order valence-electron chi connectivity index (χ1n) is 7.37. The number of pyridine rings is 1. The molecule has 0 atom stereocenters. The van der Waals surface area contributed by atoms with Crippen LogP contribution in [0.25, 0.3) is 0 Å². The van der Waals surface area contributed by atoms with Gasteiger partial charge in [0.15, 0.2) is 6.61 Å². The molecule has 10 heteroatoms. The smallest absolute Gasteiger partial charge is 0.422 e. The molecule has 1 aromatic heterocycles. The highest BCUT2D eigenvalue weighted by molar-refractivity contribution is 5.93. The Hall–Kier alpha value is -2.52. The average Bonchev–Trinajstić information content (AvgIpc) is 2.47. The fraction of sp³-hybridized carbons (Fsp3) is 0.533. The van der Waals surface area contributed by atoms with Crippen molar-refractivity contribution in [3.8, 4) is 5.88 Å². The zero-order valence-corrected chi connectivity index (χ0v) is 14.1. The van der Waals surface area contributed by atoms with E-state index in [0.717, 1.165) is 6.20 Å². The molecule has 1 aromatic rings. The molecule has 25 heavy (non-hydrogen) atoms. The monoisotopic (exact) mass is 363 g/mol. The Morgan fingerprint density at radius 2 is 1.76 bits per heavy atom. The number of hydrogen-bond acceptors (Lipinski definition) is 5. The van der Waals surface area contributed by atoms with Gasteiger partial charge in [-0.3, -0.25) is 4.79 Å². The van der Waals surface area contributed by atoms with Crippen LogP contribution >= 0.6 is 0 Å². The molecule has 0 aliphatic carbocycles. The van der Waals surface area contributed by atoms with E-state index in [1.54, 1.807) is 20.8 Å². The standard InChI is InChI=1S/C15H20F3N3O4/c1-14(2,3)25-13(23)20-7-6-19-12(22)10-4-5-11(21-8-10)24-9-15(16,17)18/h4-5,8H,6-7,9H2,1-3H3,(H,19,22)(H,20,23). The van der Waals surface area contributed by atoms with Gasteiger partial charge in [-0.1, -0.05) is 0 Å². The first kappa shape index (κ1) is 20.5. The molecule has 0 fully saturated rings. The van der Waals surface area contributed by atoms with E-state index in [0.29, 0.717) is 0 Å². The van der Waals surface area contributed by atoms with E-state index in [4.69, 9.17) is 4.74 Å². The van der Waals surface area contributed by atoms with Gasteiger partial charge in [0.2, 0.25) is 5.88 Å². The van der Waals surface area contributed by atoms with E-state index in [1.165, 1.54) is 12.1 Å². The van der Waals surface area contributed by atoms with Crippen molar-refractivity contribution in [1.29, 1.82) is 0 Å². The molecule has 0 radical (unpaired) electrons. The fourth-order valence-electron chi connectivity index (χ4n) is 1.51. The summed E-state index contributed by atoms with van der Waals surface area (Å²) in [5.74, 6) is -0.721. The highest BCUT2D eigenvalue weighted by Gasteiger charge is 2.28. The second kappa shape index (κ2) is 8.54. The zero-order valence-electron chi connectivity index (χ0n) is 14.1. The van der Waals surface area contributed by atoms with Crippen LogP contribution in [0.4, 0.5) is 18.0 Å². The molecule has 0 aliphatic rings. The molecule has 140 valence electrons. The van der Waals surface area contributed by atoms with E-state index in [-0.39, 0.29) is 24.5 Å². The summed E-state index contributed by atoms with van der Waals surface area (Å²) in [7, 11) is 0. The van der Waals surface area contributed by atoms with Gasteiger partial charge in [0.1, 0.15) is 5.60 Å². The lowest BCUT2D eigenvalue weighted by Gasteiger charge is -2.19. The molecule has 1 rings (SSSR count). The van der Waals surface area contributed by atoms with Crippen molar-refractivity contribution in [3.05, 3.63) is 23.9 Å². The lowest BCUT2D eigenvalue weighted by Crippen LogP contribution is -2.37. The van der Waals surface area contributed by atoms with Crippen molar-refractivity contribution in [3.63, 3.8) is 0 Å². The van der Waals surface area contributed by atoms with Gasteiger partial charge in [-0.15, -0.1) is 0 Å². The Morgan fingerprint density at radius 1 is 1.12 bits per heavy atom. The number of carbonyl (C=O) groups excluding carboxylic acids is 2. The molecule has 0 aliphatic heterocycles. The summed E-state index contributed by atoms with van der Waals surface area (Å²) in [5.41, 5.74) is -0.466. The lowest BCUT2D eigenvalue weighted by molar-refractivity contribution is -0.154. The van der Waals surface area contributed by atoms with Gasteiger partial charge >= 0.3 is 12.3 Å². The molecule has 0 aromatic carbocycles. The number of alkyl carbamates (subject to hydrolysis) is 1. The second-order valence-corrected chi connectivity index (χ2v) is 5.97. The van der Waals surface area contributed by atoms with Crippen LogP contribution < -0.4 is 15.4 Å². The molecule has 0 bridgehead atoms. The van der Waals surface area contributed by atoms with E-state index in [1.807, 2.05) is 0 Å². The topological polar surface area (TPSA) is 89.6 Å². The molecule has 0 spiro atoms. The van der Waals surface area contributed by atoms with Gasteiger partial charge in [-0.2, -0.15) is 13.2 Å². The number of aromatic nitrogens is 1. The number of hydrogen-bond donors (Lipinski definition) is 2. The predicted molar refractivity (Wildman–Crippen MR) is 82.4 cm³/mol. The van der Waals surface area contributed by atoms with E-state index in [9.17, 15) is 22.8 Å². The number of rotatable bonds is 6. The van der Waals surface area contributed by atoms with Crippen LogP contribution in [0.3, 0.4) is 0 Å². The van der Waals surface area contributed by atoms with Crippen LogP contribution in [0.5, 0.6) is 5.88 Å². The van der Waals surface area contributed by atoms with Crippen LogP contribution in [0.1, 0.15) is 31.1 Å². The van der Waals surface area contributed by atoms with Crippen molar-refractivity contribution in [2.45, 2.75) is 32.5 Å². The fourth-order valence-corrected chi connectivity index (χ4v) is 1.51. The van der Waals surface area contributed by atoms with Gasteiger partial charge < -0.3 is 20.1 Å². The highest BCUT2D eigenvalue weighted by Crippen LogP contribution is 2.17. The maximum Gasteiger partial charge on any atom is 0.422 e. The Morgan fingerprint density at radius 3 is 2.28 bits per heavy atom. The third-order valence-electron chi connectivity index (χ3n) is 2.46. The molecular weight excluding hydrogens is 343 g/mol. The second-order valence-electron chi connectivity index (χ2n) is 5.97. The summed E-state index contributed by atoms with van der Waals surface area (Å²) in [6.45, 7) is 4.02. The van der Waals surface area contributed by atoms with Crippen molar-refractivity contribution >= 4 is 12.0 Å². The van der Waals surface area contributed by atoms with Crippen LogP contribution in [0.2, 0.25) is 0 Å². The lowest BCUT2D eigenvalue weighted by atomic mass is 10.2. The van der Waals surface area contributed by atoms with Crippen LogP contribution in [-0.4, -0.2) is 48.5 Å². The molecule has 0 unspecified atom stereocenters. The SMILES string of the molecule is CC(C)(C)OC(=O)NCCNC(=O)c1ccc(OCC(F)(F)F)nc1. The molecule has 1 heterocycles. The molecule has 7 nitrogen and oxygen atoms in total. The van der Waals surface area contributed by atoms with Crippen LogP contribution in [-0.2, 0) is 4.74 Å². The Kier molecular flexibility index (Phi) is 7.01. The van der Waals surface area contributed by atoms with Crippen molar-refractivity contribution < 1.29 is 32.2 Å². The molecule has 0 saturated carbocycles. The number of alkyl halides is 3. The maximum atomic E-state index is 12.0. The number of nitrogens with zero attached hydrogens (tertiary/aromatic N) is 1. The summed E-state index contributed by atoms with van der Waals surface area (Å²) >= 11 is 0. The molecule has 2 N–H and O–H groups in total.